The van der Waals surface area contributed by atoms with E-state index in [9.17, 15) is 15.0 Å². The molecule has 3 rings (SSSR count). The van der Waals surface area contributed by atoms with Crippen LogP contribution in [0.3, 0.4) is 0 Å². The minimum Gasteiger partial charge on any atom is -0.393 e. The zero-order valence-electron chi connectivity index (χ0n) is 14.3. The quantitative estimate of drug-likeness (QED) is 0.651. The van der Waals surface area contributed by atoms with Crippen LogP contribution >= 0.6 is 23.2 Å². The summed E-state index contributed by atoms with van der Waals surface area (Å²) >= 11 is 12.3. The Morgan fingerprint density at radius 1 is 1.27 bits per heavy atom. The maximum Gasteiger partial charge on any atom is 0.168 e. The van der Waals surface area contributed by atoms with Crippen LogP contribution in [0.1, 0.15) is 28.5 Å². The van der Waals surface area contributed by atoms with Gasteiger partial charge >= 0.3 is 0 Å². The molecule has 2 aromatic heterocycles. The van der Waals surface area contributed by atoms with Gasteiger partial charge in [0.05, 0.1) is 29.3 Å². The molecule has 26 heavy (non-hydrogen) atoms. The number of aliphatic hydroxyl groups excluding tert-OH is 1. The molecule has 2 heterocycles. The monoisotopic (exact) mass is 392 g/mol. The number of ketones is 1. The molecule has 0 bridgehead atoms. The number of aliphatic hydroxyl groups is 2. The average molecular weight is 393 g/mol. The van der Waals surface area contributed by atoms with Gasteiger partial charge in [-0.25, -0.2) is 0 Å². The van der Waals surface area contributed by atoms with E-state index in [0.717, 1.165) is 10.9 Å². The van der Waals surface area contributed by atoms with E-state index in [1.165, 1.54) is 6.92 Å². The molecule has 0 aliphatic rings. The molecule has 3 aromatic rings. The Balaban J connectivity index is 1.84. The summed E-state index contributed by atoms with van der Waals surface area (Å²) in [4.78, 5) is 16.8. The fourth-order valence-electron chi connectivity index (χ4n) is 2.77. The number of carbonyl (C=O) groups is 1. The number of carbonyl (C=O) groups excluding carboxylic acids is 1. The van der Waals surface area contributed by atoms with E-state index in [4.69, 9.17) is 23.2 Å². The number of nitrogens with zero attached hydrogens (tertiary/aromatic N) is 2. The molecule has 2 N–H and O–H groups in total. The lowest BCUT2D eigenvalue weighted by atomic mass is 9.95. The van der Waals surface area contributed by atoms with Crippen molar-refractivity contribution in [2.75, 3.05) is 6.61 Å². The molecular formula is C19H18Cl2N2O3. The van der Waals surface area contributed by atoms with Crippen LogP contribution in [0.5, 0.6) is 0 Å². The van der Waals surface area contributed by atoms with Gasteiger partial charge in [-0.1, -0.05) is 47.5 Å². The van der Waals surface area contributed by atoms with Gasteiger partial charge in [0, 0.05) is 24.2 Å². The van der Waals surface area contributed by atoms with Crippen molar-refractivity contribution in [1.29, 1.82) is 0 Å². The van der Waals surface area contributed by atoms with E-state index in [0.29, 0.717) is 27.0 Å². The first-order chi connectivity index (χ1) is 12.2. The van der Waals surface area contributed by atoms with Crippen LogP contribution in [-0.4, -0.2) is 32.2 Å². The SMILES string of the molecule is Cn1c(Cl)c(Cl)c2cnc(CC(=O)c3ccc([C@](C)(O)CO)cc3)cc21. The molecule has 5 nitrogen and oxygen atoms in total. The lowest BCUT2D eigenvalue weighted by Crippen LogP contribution is -2.25. The molecule has 0 saturated carbocycles. The van der Waals surface area contributed by atoms with E-state index in [1.54, 1.807) is 48.1 Å². The summed E-state index contributed by atoms with van der Waals surface area (Å²) in [5, 5.41) is 20.9. The number of pyridine rings is 1. The van der Waals surface area contributed by atoms with Gasteiger partial charge in [-0.3, -0.25) is 9.78 Å². The van der Waals surface area contributed by atoms with Crippen LogP contribution in [0.15, 0.2) is 36.5 Å². The number of rotatable bonds is 5. The fraction of sp³-hybridized carbons (Fsp3) is 0.263. The molecule has 0 spiro atoms. The summed E-state index contributed by atoms with van der Waals surface area (Å²) in [5.41, 5.74) is 1.14. The molecule has 1 aromatic carbocycles. The van der Waals surface area contributed by atoms with Gasteiger partial charge < -0.3 is 14.8 Å². The van der Waals surface area contributed by atoms with Crippen LogP contribution in [-0.2, 0) is 19.1 Å². The Labute approximate surface area is 160 Å². The normalized spacial score (nSPS) is 13.8. The smallest absolute Gasteiger partial charge is 0.168 e. The van der Waals surface area contributed by atoms with Crippen LogP contribution in [0.2, 0.25) is 10.2 Å². The summed E-state index contributed by atoms with van der Waals surface area (Å²) in [7, 11) is 1.80. The number of hydrogen-bond donors (Lipinski definition) is 2. The third kappa shape index (κ3) is 3.35. The van der Waals surface area contributed by atoms with Gasteiger partial charge in [0.1, 0.15) is 10.8 Å². The van der Waals surface area contributed by atoms with Crippen molar-refractivity contribution in [2.45, 2.75) is 18.9 Å². The third-order valence-electron chi connectivity index (χ3n) is 4.49. The summed E-state index contributed by atoms with van der Waals surface area (Å²) < 4.78 is 1.75. The van der Waals surface area contributed by atoms with E-state index < -0.39 is 12.2 Å². The summed E-state index contributed by atoms with van der Waals surface area (Å²) in [6, 6.07) is 8.34. The largest absolute Gasteiger partial charge is 0.393 e. The molecule has 0 aliphatic carbocycles. The highest BCUT2D eigenvalue weighted by Gasteiger charge is 2.22. The fourth-order valence-corrected chi connectivity index (χ4v) is 3.23. The van der Waals surface area contributed by atoms with Crippen LogP contribution in [0.4, 0.5) is 0 Å². The molecule has 136 valence electrons. The molecule has 0 saturated heterocycles. The zero-order chi connectivity index (χ0) is 19.1. The van der Waals surface area contributed by atoms with Crippen molar-refractivity contribution in [2.24, 2.45) is 7.05 Å². The van der Waals surface area contributed by atoms with Crippen molar-refractivity contribution < 1.29 is 15.0 Å². The van der Waals surface area contributed by atoms with E-state index in [-0.39, 0.29) is 12.2 Å². The first-order valence-electron chi connectivity index (χ1n) is 8.00. The van der Waals surface area contributed by atoms with Gasteiger partial charge in [0.25, 0.3) is 0 Å². The predicted octanol–water partition coefficient (Wildman–Crippen LogP) is 3.51. The van der Waals surface area contributed by atoms with Gasteiger partial charge in [-0.2, -0.15) is 0 Å². The highest BCUT2D eigenvalue weighted by molar-refractivity contribution is 6.45. The van der Waals surface area contributed by atoms with Crippen molar-refractivity contribution in [3.63, 3.8) is 0 Å². The number of fused-ring (bicyclic) bond motifs is 1. The van der Waals surface area contributed by atoms with Gasteiger partial charge in [-0.05, 0) is 18.6 Å². The lowest BCUT2D eigenvalue weighted by molar-refractivity contribution is -0.00229. The second kappa shape index (κ2) is 7.00. The predicted molar refractivity (Wildman–Crippen MR) is 102 cm³/mol. The Kier molecular flexibility index (Phi) is 5.08. The van der Waals surface area contributed by atoms with Crippen LogP contribution in [0.25, 0.3) is 10.9 Å². The third-order valence-corrected chi connectivity index (χ3v) is 5.41. The van der Waals surface area contributed by atoms with E-state index in [1.807, 2.05) is 0 Å². The Bertz CT molecular complexity index is 979. The maximum atomic E-state index is 12.5. The Morgan fingerprint density at radius 3 is 2.54 bits per heavy atom. The molecule has 0 fully saturated rings. The first-order valence-corrected chi connectivity index (χ1v) is 8.75. The van der Waals surface area contributed by atoms with E-state index >= 15 is 0 Å². The van der Waals surface area contributed by atoms with Crippen molar-refractivity contribution in [3.8, 4) is 0 Å². The number of aromatic nitrogens is 2. The summed E-state index contributed by atoms with van der Waals surface area (Å²) in [5.74, 6) is -0.0987. The van der Waals surface area contributed by atoms with Crippen LogP contribution in [0, 0.1) is 0 Å². The number of aryl methyl sites for hydroxylation is 1. The average Bonchev–Trinajstić information content (AvgIpc) is 2.86. The highest BCUT2D eigenvalue weighted by atomic mass is 35.5. The van der Waals surface area contributed by atoms with E-state index in [2.05, 4.69) is 4.98 Å². The number of halogens is 2. The molecule has 0 radical (unpaired) electrons. The maximum absolute atomic E-state index is 12.5. The molecule has 0 unspecified atom stereocenters. The summed E-state index contributed by atoms with van der Waals surface area (Å²) in [6.45, 7) is 1.12. The zero-order valence-corrected chi connectivity index (χ0v) is 15.8. The summed E-state index contributed by atoms with van der Waals surface area (Å²) in [6.07, 6.45) is 1.75. The number of hydrogen-bond acceptors (Lipinski definition) is 4. The Morgan fingerprint density at radius 2 is 1.92 bits per heavy atom. The highest BCUT2D eigenvalue weighted by Crippen LogP contribution is 2.33. The standard InChI is InChI=1S/C19H18Cl2N2O3/c1-19(26,10-24)12-5-3-11(4-6-12)16(25)8-13-7-15-14(9-22-13)17(20)18(21)23(15)2/h3-7,9,24,26H,8,10H2,1-2H3/t19-/m1/s1. The Hall–Kier alpha value is -1.92. The number of Topliss-reactive ketones (excluding diaryl/α,β-unsaturated/α-hetero) is 1. The minimum absolute atomic E-state index is 0.0987. The topological polar surface area (TPSA) is 75.4 Å². The van der Waals surface area contributed by atoms with Gasteiger partial charge in [-0.15, -0.1) is 0 Å². The second-order valence-corrected chi connectivity index (χ2v) is 7.20. The minimum atomic E-state index is -1.33. The first kappa shape index (κ1) is 18.9. The van der Waals surface area contributed by atoms with Gasteiger partial charge in [0.2, 0.25) is 0 Å². The van der Waals surface area contributed by atoms with Crippen molar-refractivity contribution in [1.82, 2.24) is 9.55 Å². The molecule has 0 amide bonds. The molecule has 7 heteroatoms. The lowest BCUT2D eigenvalue weighted by Gasteiger charge is -2.20. The molecule has 0 aliphatic heterocycles. The molecule has 1 atom stereocenters. The second-order valence-electron chi connectivity index (χ2n) is 6.47. The van der Waals surface area contributed by atoms with Crippen LogP contribution < -0.4 is 0 Å². The van der Waals surface area contributed by atoms with Crippen molar-refractivity contribution in [3.05, 3.63) is 63.5 Å². The number of benzene rings is 1. The van der Waals surface area contributed by atoms with Gasteiger partial charge in [0.15, 0.2) is 5.78 Å². The van der Waals surface area contributed by atoms with Crippen molar-refractivity contribution >= 4 is 39.9 Å². The molecular weight excluding hydrogens is 375 g/mol.